The lowest BCUT2D eigenvalue weighted by molar-refractivity contribution is 0.104. The third-order valence-electron chi connectivity index (χ3n) is 2.49. The van der Waals surface area contributed by atoms with Crippen molar-refractivity contribution in [2.45, 2.75) is 6.92 Å². The van der Waals surface area contributed by atoms with Gasteiger partial charge in [-0.05, 0) is 47.1 Å². The Morgan fingerprint density at radius 2 is 2.11 bits per heavy atom. The van der Waals surface area contributed by atoms with Crippen LogP contribution in [-0.2, 0) is 0 Å². The van der Waals surface area contributed by atoms with Crippen molar-refractivity contribution in [1.29, 1.82) is 0 Å². The van der Waals surface area contributed by atoms with Gasteiger partial charge in [-0.25, -0.2) is 4.39 Å². The van der Waals surface area contributed by atoms with Crippen LogP contribution in [0.5, 0.6) is 5.75 Å². The van der Waals surface area contributed by atoms with Crippen molar-refractivity contribution in [3.05, 3.63) is 49.9 Å². The number of thiophene rings is 1. The molecular weight excluding hydrogens is 319 g/mol. The van der Waals surface area contributed by atoms with E-state index in [0.29, 0.717) is 10.4 Å². The number of carbonyl (C=O) groups excluding carboxylic acids is 1. The van der Waals surface area contributed by atoms with E-state index in [4.69, 9.17) is 4.74 Å². The molecule has 2 aromatic rings. The van der Waals surface area contributed by atoms with Crippen LogP contribution in [0.1, 0.15) is 20.1 Å². The maximum atomic E-state index is 13.5. The summed E-state index contributed by atoms with van der Waals surface area (Å²) in [6.07, 6.45) is 0. The Labute approximate surface area is 117 Å². The number of ketones is 1. The molecule has 0 aliphatic heterocycles. The molecule has 0 spiro atoms. The van der Waals surface area contributed by atoms with Crippen molar-refractivity contribution in [1.82, 2.24) is 0 Å². The summed E-state index contributed by atoms with van der Waals surface area (Å²) in [4.78, 5) is 13.8. The molecule has 0 saturated carbocycles. The maximum absolute atomic E-state index is 13.5. The molecule has 0 saturated heterocycles. The van der Waals surface area contributed by atoms with Crippen molar-refractivity contribution in [3.63, 3.8) is 0 Å². The minimum absolute atomic E-state index is 0.134. The molecule has 0 bridgehead atoms. The maximum Gasteiger partial charge on any atom is 0.203 e. The second-order valence-electron chi connectivity index (χ2n) is 3.69. The number of halogens is 2. The molecule has 2 nitrogen and oxygen atoms in total. The standard InChI is InChI=1S/C13H10BrFO2S/c1-7-9(14)6-12(18-7)13(16)8-3-4-11(17-2)10(15)5-8/h3-6H,1-2H3. The predicted octanol–water partition coefficient (Wildman–Crippen LogP) is 4.20. The third-order valence-corrected chi connectivity index (χ3v) is 4.63. The highest BCUT2D eigenvalue weighted by molar-refractivity contribution is 9.10. The molecule has 1 aromatic carbocycles. The number of ether oxygens (including phenoxy) is 1. The van der Waals surface area contributed by atoms with E-state index in [1.54, 1.807) is 12.1 Å². The van der Waals surface area contributed by atoms with Gasteiger partial charge in [0.15, 0.2) is 11.6 Å². The molecule has 0 aliphatic rings. The van der Waals surface area contributed by atoms with E-state index in [-0.39, 0.29) is 11.5 Å². The van der Waals surface area contributed by atoms with Gasteiger partial charge in [0.05, 0.1) is 12.0 Å². The second kappa shape index (κ2) is 5.20. The van der Waals surface area contributed by atoms with Crippen LogP contribution in [-0.4, -0.2) is 12.9 Å². The average Bonchev–Trinajstić information content (AvgIpc) is 2.68. The number of methoxy groups -OCH3 is 1. The monoisotopic (exact) mass is 328 g/mol. The fraction of sp³-hybridized carbons (Fsp3) is 0.154. The van der Waals surface area contributed by atoms with Gasteiger partial charge in [-0.3, -0.25) is 4.79 Å². The Hall–Kier alpha value is -1.20. The number of rotatable bonds is 3. The molecule has 0 N–H and O–H groups in total. The number of benzene rings is 1. The third kappa shape index (κ3) is 2.47. The topological polar surface area (TPSA) is 26.3 Å². The van der Waals surface area contributed by atoms with Gasteiger partial charge >= 0.3 is 0 Å². The van der Waals surface area contributed by atoms with Crippen LogP contribution in [0.3, 0.4) is 0 Å². The molecule has 0 fully saturated rings. The van der Waals surface area contributed by atoms with Crippen LogP contribution in [0, 0.1) is 12.7 Å². The fourth-order valence-electron chi connectivity index (χ4n) is 1.52. The van der Waals surface area contributed by atoms with E-state index in [2.05, 4.69) is 15.9 Å². The van der Waals surface area contributed by atoms with E-state index in [0.717, 1.165) is 9.35 Å². The Kier molecular flexibility index (Phi) is 3.82. The van der Waals surface area contributed by atoms with Crippen molar-refractivity contribution >= 4 is 33.0 Å². The zero-order chi connectivity index (χ0) is 13.3. The van der Waals surface area contributed by atoms with Crippen LogP contribution in [0.25, 0.3) is 0 Å². The first-order chi connectivity index (χ1) is 8.52. The molecular formula is C13H10BrFO2S. The fourth-order valence-corrected chi connectivity index (χ4v) is 3.02. The van der Waals surface area contributed by atoms with Crippen LogP contribution >= 0.6 is 27.3 Å². The second-order valence-corrected chi connectivity index (χ2v) is 5.80. The summed E-state index contributed by atoms with van der Waals surface area (Å²) in [7, 11) is 1.39. The summed E-state index contributed by atoms with van der Waals surface area (Å²) in [5.74, 6) is -0.582. The van der Waals surface area contributed by atoms with Gasteiger partial charge in [0, 0.05) is 14.9 Å². The lowest BCUT2D eigenvalue weighted by atomic mass is 10.1. The number of carbonyl (C=O) groups is 1. The average molecular weight is 329 g/mol. The van der Waals surface area contributed by atoms with E-state index in [1.165, 1.54) is 30.6 Å². The zero-order valence-corrected chi connectivity index (χ0v) is 12.2. The lowest BCUT2D eigenvalue weighted by Crippen LogP contribution is -2.00. The molecule has 1 aromatic heterocycles. The molecule has 0 amide bonds. The van der Waals surface area contributed by atoms with Gasteiger partial charge < -0.3 is 4.74 Å². The minimum Gasteiger partial charge on any atom is -0.494 e. The van der Waals surface area contributed by atoms with Gasteiger partial charge in [0.2, 0.25) is 5.78 Å². The summed E-state index contributed by atoms with van der Waals surface area (Å²) in [6, 6.07) is 5.97. The Morgan fingerprint density at radius 1 is 1.39 bits per heavy atom. The summed E-state index contributed by atoms with van der Waals surface area (Å²) in [5.41, 5.74) is 0.321. The van der Waals surface area contributed by atoms with Crippen molar-refractivity contribution in [3.8, 4) is 5.75 Å². The molecule has 0 aliphatic carbocycles. The summed E-state index contributed by atoms with van der Waals surface area (Å²) in [5, 5.41) is 0. The molecule has 0 atom stereocenters. The first-order valence-corrected chi connectivity index (χ1v) is 6.78. The molecule has 0 radical (unpaired) electrons. The smallest absolute Gasteiger partial charge is 0.203 e. The van der Waals surface area contributed by atoms with Crippen LogP contribution in [0.15, 0.2) is 28.7 Å². The Morgan fingerprint density at radius 3 is 2.61 bits per heavy atom. The zero-order valence-electron chi connectivity index (χ0n) is 9.79. The Bertz CT molecular complexity index is 588. The van der Waals surface area contributed by atoms with Crippen LogP contribution in [0.4, 0.5) is 4.39 Å². The van der Waals surface area contributed by atoms with E-state index in [9.17, 15) is 9.18 Å². The van der Waals surface area contributed by atoms with Gasteiger partial charge in [0.25, 0.3) is 0 Å². The van der Waals surface area contributed by atoms with Crippen molar-refractivity contribution in [2.75, 3.05) is 7.11 Å². The highest BCUT2D eigenvalue weighted by Gasteiger charge is 2.15. The summed E-state index contributed by atoms with van der Waals surface area (Å²) < 4.78 is 19.2. The van der Waals surface area contributed by atoms with Gasteiger partial charge in [-0.2, -0.15) is 0 Å². The molecule has 2 rings (SSSR count). The SMILES string of the molecule is COc1ccc(C(=O)c2cc(Br)c(C)s2)cc1F. The lowest BCUT2D eigenvalue weighted by Gasteiger charge is -2.03. The van der Waals surface area contributed by atoms with Gasteiger partial charge in [-0.15, -0.1) is 11.3 Å². The first-order valence-electron chi connectivity index (χ1n) is 5.17. The number of hydrogen-bond donors (Lipinski definition) is 0. The summed E-state index contributed by atoms with van der Waals surface area (Å²) in [6.45, 7) is 1.92. The Balaban J connectivity index is 2.37. The number of aryl methyl sites for hydroxylation is 1. The van der Waals surface area contributed by atoms with Crippen molar-refractivity contribution < 1.29 is 13.9 Å². The van der Waals surface area contributed by atoms with Gasteiger partial charge in [0.1, 0.15) is 0 Å². The minimum atomic E-state index is -0.532. The summed E-state index contributed by atoms with van der Waals surface area (Å²) >= 11 is 4.74. The highest BCUT2D eigenvalue weighted by atomic mass is 79.9. The van der Waals surface area contributed by atoms with E-state index < -0.39 is 5.82 Å². The highest BCUT2D eigenvalue weighted by Crippen LogP contribution is 2.29. The largest absolute Gasteiger partial charge is 0.494 e. The molecule has 0 unspecified atom stereocenters. The van der Waals surface area contributed by atoms with Gasteiger partial charge in [-0.1, -0.05) is 0 Å². The normalized spacial score (nSPS) is 10.4. The molecule has 18 heavy (non-hydrogen) atoms. The van der Waals surface area contributed by atoms with Crippen LogP contribution < -0.4 is 4.74 Å². The number of hydrogen-bond acceptors (Lipinski definition) is 3. The van der Waals surface area contributed by atoms with E-state index >= 15 is 0 Å². The van der Waals surface area contributed by atoms with Crippen LogP contribution in [0.2, 0.25) is 0 Å². The predicted molar refractivity (Wildman–Crippen MR) is 73.1 cm³/mol. The van der Waals surface area contributed by atoms with E-state index in [1.807, 2.05) is 6.92 Å². The molecule has 1 heterocycles. The first kappa shape index (κ1) is 13.2. The molecule has 94 valence electrons. The van der Waals surface area contributed by atoms with Crippen molar-refractivity contribution in [2.24, 2.45) is 0 Å². The quantitative estimate of drug-likeness (QED) is 0.789. The molecule has 5 heteroatoms.